The Hall–Kier alpha value is -1.50. The Kier molecular flexibility index (Phi) is 5.62. The van der Waals surface area contributed by atoms with Gasteiger partial charge in [-0.3, -0.25) is 0 Å². The predicted molar refractivity (Wildman–Crippen MR) is 73.1 cm³/mol. The second kappa shape index (κ2) is 6.78. The Labute approximate surface area is 116 Å². The van der Waals surface area contributed by atoms with E-state index in [0.29, 0.717) is 13.2 Å². The molecule has 0 fully saturated rings. The van der Waals surface area contributed by atoms with Gasteiger partial charge in [0.25, 0.3) is 0 Å². The molecule has 7 heteroatoms. The summed E-state index contributed by atoms with van der Waals surface area (Å²) in [5.74, 6) is 0.481. The zero-order valence-corrected chi connectivity index (χ0v) is 12.1. The van der Waals surface area contributed by atoms with Crippen molar-refractivity contribution in [3.05, 3.63) is 17.7 Å². The van der Waals surface area contributed by atoms with E-state index in [2.05, 4.69) is 10.3 Å². The van der Waals surface area contributed by atoms with Gasteiger partial charge in [-0.2, -0.15) is 13.2 Å². The molecule has 0 aliphatic rings. The van der Waals surface area contributed by atoms with Crippen LogP contribution in [0.15, 0.2) is 12.1 Å². The number of hydrogen-bond acceptors (Lipinski definition) is 4. The van der Waals surface area contributed by atoms with Crippen molar-refractivity contribution in [1.82, 2.24) is 4.98 Å². The monoisotopic (exact) mass is 291 g/mol. The smallest absolute Gasteiger partial charge is 0.383 e. The molecule has 0 aliphatic carbocycles. The summed E-state index contributed by atoms with van der Waals surface area (Å²) in [7, 11) is 3.25. The first-order valence-corrected chi connectivity index (χ1v) is 6.34. The minimum absolute atomic E-state index is 0.0783. The second-order valence-corrected chi connectivity index (χ2v) is 4.54. The molecular formula is C13H20F3N3O. The van der Waals surface area contributed by atoms with Crippen LogP contribution >= 0.6 is 0 Å². The van der Waals surface area contributed by atoms with E-state index in [0.717, 1.165) is 12.1 Å². The summed E-state index contributed by atoms with van der Waals surface area (Å²) in [6, 6.07) is 1.99. The molecule has 0 spiro atoms. The average molecular weight is 291 g/mol. The molecule has 114 valence electrons. The summed E-state index contributed by atoms with van der Waals surface area (Å²) in [6.45, 7) is 4.58. The van der Waals surface area contributed by atoms with Crippen LogP contribution in [0.25, 0.3) is 0 Å². The highest BCUT2D eigenvalue weighted by Gasteiger charge is 2.32. The van der Waals surface area contributed by atoms with Crippen LogP contribution in [0.2, 0.25) is 0 Å². The Morgan fingerprint density at radius 1 is 1.40 bits per heavy atom. The lowest BCUT2D eigenvalue weighted by Gasteiger charge is -2.26. The fourth-order valence-electron chi connectivity index (χ4n) is 1.71. The summed E-state index contributed by atoms with van der Waals surface area (Å²) in [6.07, 6.45) is -4.40. The van der Waals surface area contributed by atoms with Crippen molar-refractivity contribution in [3.63, 3.8) is 0 Å². The van der Waals surface area contributed by atoms with Crippen LogP contribution in [0, 0.1) is 0 Å². The first kappa shape index (κ1) is 16.6. The van der Waals surface area contributed by atoms with Gasteiger partial charge < -0.3 is 15.0 Å². The van der Waals surface area contributed by atoms with Crippen molar-refractivity contribution < 1.29 is 17.9 Å². The Bertz CT molecular complexity index is 437. The number of ether oxygens (including phenoxy) is 1. The Balaban J connectivity index is 3.14. The van der Waals surface area contributed by atoms with Crippen molar-refractivity contribution in [1.29, 1.82) is 0 Å². The van der Waals surface area contributed by atoms with E-state index < -0.39 is 11.7 Å². The maximum atomic E-state index is 12.9. The molecule has 1 heterocycles. The van der Waals surface area contributed by atoms with E-state index in [9.17, 15) is 13.2 Å². The molecule has 1 unspecified atom stereocenters. The maximum absolute atomic E-state index is 12.9. The van der Waals surface area contributed by atoms with Gasteiger partial charge in [-0.15, -0.1) is 0 Å². The lowest BCUT2D eigenvalue weighted by molar-refractivity contribution is -0.137. The van der Waals surface area contributed by atoms with Crippen LogP contribution in [0.3, 0.4) is 0 Å². The largest absolute Gasteiger partial charge is 0.416 e. The number of aromatic nitrogens is 1. The Morgan fingerprint density at radius 3 is 2.55 bits per heavy atom. The van der Waals surface area contributed by atoms with Gasteiger partial charge in [0.1, 0.15) is 11.6 Å². The summed E-state index contributed by atoms with van der Waals surface area (Å²) in [5, 5.41) is 2.82. The minimum atomic E-state index is -4.40. The molecule has 1 rings (SSSR count). The summed E-state index contributed by atoms with van der Waals surface area (Å²) < 4.78 is 43.7. The van der Waals surface area contributed by atoms with Gasteiger partial charge in [0.15, 0.2) is 0 Å². The normalized spacial score (nSPS) is 13.2. The van der Waals surface area contributed by atoms with Crippen molar-refractivity contribution >= 4 is 11.6 Å². The second-order valence-electron chi connectivity index (χ2n) is 4.54. The number of nitrogens with zero attached hydrogens (tertiary/aromatic N) is 2. The number of likely N-dealkylation sites (N-methyl/N-ethyl adjacent to an activating group) is 1. The van der Waals surface area contributed by atoms with Gasteiger partial charge in [-0.25, -0.2) is 4.98 Å². The van der Waals surface area contributed by atoms with Crippen LogP contribution < -0.4 is 10.2 Å². The summed E-state index contributed by atoms with van der Waals surface area (Å²) in [5.41, 5.74) is -0.713. The molecule has 0 aliphatic heterocycles. The third kappa shape index (κ3) is 4.26. The van der Waals surface area contributed by atoms with Crippen LogP contribution in [0.1, 0.15) is 19.4 Å². The van der Waals surface area contributed by atoms with Gasteiger partial charge in [-0.05, 0) is 26.0 Å². The molecule has 0 aromatic carbocycles. The fraction of sp³-hybridized carbons (Fsp3) is 0.615. The maximum Gasteiger partial charge on any atom is 0.416 e. The molecular weight excluding hydrogens is 271 g/mol. The van der Waals surface area contributed by atoms with Gasteiger partial charge in [0.2, 0.25) is 0 Å². The molecule has 0 amide bonds. The molecule has 1 N–H and O–H groups in total. The van der Waals surface area contributed by atoms with E-state index in [1.54, 1.807) is 26.0 Å². The van der Waals surface area contributed by atoms with E-state index in [4.69, 9.17) is 4.74 Å². The highest BCUT2D eigenvalue weighted by atomic mass is 19.4. The lowest BCUT2D eigenvalue weighted by Crippen LogP contribution is -2.33. The lowest BCUT2D eigenvalue weighted by atomic mass is 10.2. The van der Waals surface area contributed by atoms with Crippen molar-refractivity contribution in [2.75, 3.05) is 37.5 Å². The number of halogens is 3. The van der Waals surface area contributed by atoms with Crippen LogP contribution in [0.5, 0.6) is 0 Å². The minimum Gasteiger partial charge on any atom is -0.383 e. The van der Waals surface area contributed by atoms with Gasteiger partial charge in [-0.1, -0.05) is 0 Å². The van der Waals surface area contributed by atoms with Gasteiger partial charge in [0.05, 0.1) is 18.2 Å². The predicted octanol–water partition coefficient (Wildman–Crippen LogP) is 3.00. The number of pyridine rings is 1. The standard InChI is InChI=1S/C13H20F3N3O/c1-5-17-11-6-10(13(14,15)16)7-12(18-11)19(3)9(2)8-20-4/h6-7,9H,5,8H2,1-4H3,(H,17,18). The van der Waals surface area contributed by atoms with E-state index in [1.165, 1.54) is 0 Å². The van der Waals surface area contributed by atoms with Crippen LogP contribution in [0.4, 0.5) is 24.8 Å². The van der Waals surface area contributed by atoms with Crippen molar-refractivity contribution in [3.8, 4) is 0 Å². The van der Waals surface area contributed by atoms with Crippen LogP contribution in [-0.2, 0) is 10.9 Å². The highest BCUT2D eigenvalue weighted by molar-refractivity contribution is 5.51. The van der Waals surface area contributed by atoms with E-state index in [-0.39, 0.29) is 17.7 Å². The number of rotatable bonds is 6. The van der Waals surface area contributed by atoms with Crippen molar-refractivity contribution in [2.24, 2.45) is 0 Å². The fourth-order valence-corrected chi connectivity index (χ4v) is 1.71. The highest BCUT2D eigenvalue weighted by Crippen LogP contribution is 2.33. The molecule has 1 aromatic rings. The summed E-state index contributed by atoms with van der Waals surface area (Å²) >= 11 is 0. The number of alkyl halides is 3. The number of anilines is 2. The van der Waals surface area contributed by atoms with Gasteiger partial charge >= 0.3 is 6.18 Å². The molecule has 4 nitrogen and oxygen atoms in total. The van der Waals surface area contributed by atoms with E-state index in [1.807, 2.05) is 6.92 Å². The molecule has 20 heavy (non-hydrogen) atoms. The zero-order chi connectivity index (χ0) is 15.3. The zero-order valence-electron chi connectivity index (χ0n) is 12.1. The van der Waals surface area contributed by atoms with Gasteiger partial charge in [0, 0.05) is 20.7 Å². The molecule has 0 radical (unpaired) electrons. The van der Waals surface area contributed by atoms with Crippen LogP contribution in [-0.4, -0.2) is 38.3 Å². The molecule has 1 atom stereocenters. The molecule has 0 saturated heterocycles. The third-order valence-corrected chi connectivity index (χ3v) is 2.93. The molecule has 1 aromatic heterocycles. The topological polar surface area (TPSA) is 37.4 Å². The first-order valence-electron chi connectivity index (χ1n) is 6.34. The summed E-state index contributed by atoms with van der Waals surface area (Å²) in [4.78, 5) is 5.87. The Morgan fingerprint density at radius 2 is 2.05 bits per heavy atom. The first-order chi connectivity index (χ1) is 9.29. The number of nitrogens with one attached hydrogen (secondary N) is 1. The van der Waals surface area contributed by atoms with Crippen molar-refractivity contribution in [2.45, 2.75) is 26.1 Å². The SMILES string of the molecule is CCNc1cc(C(F)(F)F)cc(N(C)C(C)COC)n1. The number of methoxy groups -OCH3 is 1. The number of hydrogen-bond donors (Lipinski definition) is 1. The van der Waals surface area contributed by atoms with E-state index >= 15 is 0 Å². The molecule has 0 bridgehead atoms. The third-order valence-electron chi connectivity index (χ3n) is 2.93. The quantitative estimate of drug-likeness (QED) is 0.874. The average Bonchev–Trinajstić information content (AvgIpc) is 2.37. The molecule has 0 saturated carbocycles.